The van der Waals surface area contributed by atoms with Gasteiger partial charge in [-0.3, -0.25) is 4.21 Å². The van der Waals surface area contributed by atoms with Gasteiger partial charge < -0.3 is 9.11 Å². The standard InChI is InChI=1S/Ca.ClH2.H2O3S/c;;1-4(2)3/h;1H2;(H2,1,2,3)/q+2;+1;/p-2. The van der Waals surface area contributed by atoms with Crippen LogP contribution in [0.1, 0.15) is 0 Å². The quantitative estimate of drug-likeness (QED) is 0.304. The predicted molar refractivity (Wildman–Crippen MR) is 18.2 cm³/mol. The molecule has 0 N–H and O–H groups in total. The van der Waals surface area contributed by atoms with Crippen LogP contribution in [0.15, 0.2) is 0 Å². The summed E-state index contributed by atoms with van der Waals surface area (Å²) in [5, 5.41) is 0. The molecule has 0 saturated carbocycles. The van der Waals surface area contributed by atoms with Gasteiger partial charge in [0.15, 0.2) is 0 Å². The Balaban J connectivity index is -0.0000000450. The van der Waals surface area contributed by atoms with E-state index in [1.54, 1.807) is 0 Å². The van der Waals surface area contributed by atoms with Crippen LogP contribution in [-0.2, 0) is 11.4 Å². The van der Waals surface area contributed by atoms with Gasteiger partial charge in [-0.1, -0.05) is 0 Å². The van der Waals surface area contributed by atoms with E-state index in [1.165, 1.54) is 0 Å². The first-order chi connectivity index (χ1) is 1.73. The topological polar surface area (TPSA) is 63.2 Å². The first-order valence-electron chi connectivity index (χ1n) is 0.500. The second-order valence-corrected chi connectivity index (χ2v) is 0.612. The molecule has 0 aliphatic heterocycles. The molecule has 0 atom stereocenters. The molecule has 0 amide bonds. The minimum absolute atomic E-state index is 0. The molecule has 6 heavy (non-hydrogen) atoms. The summed E-state index contributed by atoms with van der Waals surface area (Å²) in [4.78, 5) is 0. The van der Waals surface area contributed by atoms with Crippen molar-refractivity contribution < 1.29 is 25.7 Å². The predicted octanol–water partition coefficient (Wildman–Crippen LogP) is -1.92. The summed E-state index contributed by atoms with van der Waals surface area (Å²) in [5.74, 6) is 0. The third-order valence-corrected chi connectivity index (χ3v) is 0. The molecule has 0 fully saturated rings. The first kappa shape index (κ1) is 15.6. The van der Waals surface area contributed by atoms with Crippen LogP contribution in [0, 0.1) is 12.4 Å². The van der Waals surface area contributed by atoms with Gasteiger partial charge in [-0.2, -0.15) is 0 Å². The van der Waals surface area contributed by atoms with E-state index in [0.29, 0.717) is 0 Å². The van der Waals surface area contributed by atoms with E-state index in [4.69, 9.17) is 13.3 Å². The Labute approximate surface area is 74.0 Å². The second-order valence-electron chi connectivity index (χ2n) is 0.204. The van der Waals surface area contributed by atoms with Crippen molar-refractivity contribution in [3.05, 3.63) is 0 Å². The van der Waals surface area contributed by atoms with Gasteiger partial charge in [0.05, 0.1) is 12.4 Å². The fourth-order valence-corrected chi connectivity index (χ4v) is 0. The van der Waals surface area contributed by atoms with Gasteiger partial charge in [0.1, 0.15) is 0 Å². The molecule has 0 spiro atoms. The summed E-state index contributed by atoms with van der Waals surface area (Å²) in [6.45, 7) is 0. The summed E-state index contributed by atoms with van der Waals surface area (Å²) in [7, 11) is 0. The molecule has 34 valence electrons. The monoisotopic (exact) mass is 157 g/mol. The zero-order valence-electron chi connectivity index (χ0n) is 2.79. The molecule has 0 radical (unpaired) electrons. The van der Waals surface area contributed by atoms with Gasteiger partial charge in [-0.05, 0) is 0 Å². The van der Waals surface area contributed by atoms with E-state index in [0.717, 1.165) is 0 Å². The second kappa shape index (κ2) is 9.80. The van der Waals surface area contributed by atoms with Crippen LogP contribution >= 0.6 is 0 Å². The number of hydrogen-bond donors (Lipinski definition) is 0. The van der Waals surface area contributed by atoms with Crippen molar-refractivity contribution in [2.24, 2.45) is 0 Å². The SMILES string of the molecule is O=S([O-])[O-].[Ca+2].[ClH2+]. The number of rotatable bonds is 0. The molecule has 0 rings (SSSR count). The summed E-state index contributed by atoms with van der Waals surface area (Å²) in [6.07, 6.45) is 0. The van der Waals surface area contributed by atoms with Gasteiger partial charge in [-0.25, -0.2) is 0 Å². The summed E-state index contributed by atoms with van der Waals surface area (Å²) < 4.78 is 25.3. The molecular weight excluding hydrogens is 156 g/mol. The van der Waals surface area contributed by atoms with Gasteiger partial charge in [0, 0.05) is 0 Å². The van der Waals surface area contributed by atoms with Crippen LogP contribution in [0.2, 0.25) is 0 Å². The van der Waals surface area contributed by atoms with Crippen molar-refractivity contribution in [2.45, 2.75) is 0 Å². The molecule has 0 aromatic rings. The Hall–Kier alpha value is 1.62. The normalized spacial score (nSPS) is 5.83. The Morgan fingerprint density at radius 3 is 1.33 bits per heavy atom. The van der Waals surface area contributed by atoms with E-state index in [2.05, 4.69) is 0 Å². The molecule has 6 heteroatoms. The third-order valence-electron chi connectivity index (χ3n) is 0. The zero-order chi connectivity index (χ0) is 3.58. The van der Waals surface area contributed by atoms with Crippen LogP contribution in [0.25, 0.3) is 0 Å². The fourth-order valence-electron chi connectivity index (χ4n) is 0. The Morgan fingerprint density at radius 2 is 1.33 bits per heavy atom. The molecule has 0 aromatic heterocycles. The molecule has 3 nitrogen and oxygen atoms in total. The van der Waals surface area contributed by atoms with Crippen LogP contribution in [0.5, 0.6) is 0 Å². The van der Waals surface area contributed by atoms with Crippen molar-refractivity contribution in [3.63, 3.8) is 0 Å². The summed E-state index contributed by atoms with van der Waals surface area (Å²) in [6, 6.07) is 0. The molecule has 0 bridgehead atoms. The van der Waals surface area contributed by atoms with Gasteiger partial charge >= 0.3 is 37.7 Å². The van der Waals surface area contributed by atoms with Crippen LogP contribution in [0.4, 0.5) is 0 Å². The Bertz CT molecular complexity index is 33.8. The largest absolute Gasteiger partial charge is 2.00 e. The minimum Gasteiger partial charge on any atom is -0.784 e. The summed E-state index contributed by atoms with van der Waals surface area (Å²) >= 11 is -3.11. The maximum absolute atomic E-state index is 8.44. The molecular formula is H2CaClO3S+. The fraction of sp³-hybridized carbons (Fsp3) is 0. The van der Waals surface area contributed by atoms with Crippen molar-refractivity contribution in [3.8, 4) is 0 Å². The van der Waals surface area contributed by atoms with E-state index in [9.17, 15) is 0 Å². The van der Waals surface area contributed by atoms with Crippen molar-refractivity contribution >= 4 is 49.1 Å². The van der Waals surface area contributed by atoms with E-state index in [1.807, 2.05) is 0 Å². The van der Waals surface area contributed by atoms with Gasteiger partial charge in [-0.15, -0.1) is 11.4 Å². The van der Waals surface area contributed by atoms with Crippen LogP contribution < -0.4 is 0 Å². The molecule has 0 heterocycles. The molecule has 0 aromatic carbocycles. The van der Waals surface area contributed by atoms with Gasteiger partial charge in [0.2, 0.25) is 0 Å². The smallest absolute Gasteiger partial charge is 0.784 e. The molecule has 0 aliphatic rings. The Morgan fingerprint density at radius 1 is 1.33 bits per heavy atom. The summed E-state index contributed by atoms with van der Waals surface area (Å²) in [5.41, 5.74) is 0. The maximum Gasteiger partial charge on any atom is 2.00 e. The molecule has 0 unspecified atom stereocenters. The molecule has 0 aliphatic carbocycles. The first-order valence-corrected chi connectivity index (χ1v) is 1.50. The van der Waals surface area contributed by atoms with E-state index < -0.39 is 11.4 Å². The van der Waals surface area contributed by atoms with Crippen molar-refractivity contribution in [2.75, 3.05) is 0 Å². The van der Waals surface area contributed by atoms with E-state index >= 15 is 0 Å². The van der Waals surface area contributed by atoms with Crippen LogP contribution in [0.3, 0.4) is 0 Å². The van der Waals surface area contributed by atoms with Crippen molar-refractivity contribution in [1.82, 2.24) is 0 Å². The average Bonchev–Trinajstić information content (AvgIpc) is 0.811. The average molecular weight is 158 g/mol. The zero-order valence-corrected chi connectivity index (χ0v) is 6.71. The van der Waals surface area contributed by atoms with E-state index in [-0.39, 0.29) is 50.1 Å². The minimum atomic E-state index is -3.11. The molecule has 0 saturated heterocycles. The maximum atomic E-state index is 8.44. The third kappa shape index (κ3) is 45.7. The Kier molecular flexibility index (Phi) is 25.5. The van der Waals surface area contributed by atoms with Gasteiger partial charge in [0.25, 0.3) is 0 Å². The number of halogens is 1. The van der Waals surface area contributed by atoms with Crippen molar-refractivity contribution in [1.29, 1.82) is 0 Å². The number of hydrogen-bond acceptors (Lipinski definition) is 3. The van der Waals surface area contributed by atoms with Crippen LogP contribution in [-0.4, -0.2) is 51.1 Å².